The number of nitro groups is 1. The maximum absolute atomic E-state index is 12.6. The average molecular weight is 434 g/mol. The first kappa shape index (κ1) is 22.3. The predicted molar refractivity (Wildman–Crippen MR) is 106 cm³/mol. The number of sulfonamides is 1. The molecule has 0 aromatic heterocycles. The largest absolute Gasteiger partial charge is 0.379 e. The van der Waals surface area contributed by atoms with Gasteiger partial charge in [-0.25, -0.2) is 13.6 Å². The lowest BCUT2D eigenvalue weighted by molar-refractivity contribution is -0.384. The third kappa shape index (κ3) is 4.90. The summed E-state index contributed by atoms with van der Waals surface area (Å²) in [6.45, 7) is 1.93. The summed E-state index contributed by atoms with van der Waals surface area (Å²) in [4.78, 5) is 24.8. The Balaban J connectivity index is 0.00000280. The Labute approximate surface area is 169 Å². The van der Waals surface area contributed by atoms with E-state index >= 15 is 0 Å². The van der Waals surface area contributed by atoms with Crippen molar-refractivity contribution in [2.24, 2.45) is 5.14 Å². The van der Waals surface area contributed by atoms with Crippen molar-refractivity contribution in [3.8, 4) is 0 Å². The molecule has 1 amide bonds. The molecule has 3 rings (SSSR count). The zero-order chi connectivity index (χ0) is 19.6. The van der Waals surface area contributed by atoms with Crippen LogP contribution in [0, 0.1) is 10.1 Å². The first-order valence-corrected chi connectivity index (χ1v) is 10.4. The van der Waals surface area contributed by atoms with Gasteiger partial charge in [0.2, 0.25) is 15.9 Å². The number of amides is 1. The lowest BCUT2D eigenvalue weighted by Crippen LogP contribution is -2.43. The Kier molecular flexibility index (Phi) is 7.21. The smallest absolute Gasteiger partial charge is 0.293 e. The van der Waals surface area contributed by atoms with E-state index in [1.165, 1.54) is 12.1 Å². The molecule has 2 bridgehead atoms. The Morgan fingerprint density at radius 1 is 1.32 bits per heavy atom. The molecule has 10 nitrogen and oxygen atoms in total. The molecule has 28 heavy (non-hydrogen) atoms. The van der Waals surface area contributed by atoms with E-state index in [9.17, 15) is 23.3 Å². The summed E-state index contributed by atoms with van der Waals surface area (Å²) in [7, 11) is -4.03. The van der Waals surface area contributed by atoms with Crippen molar-refractivity contribution in [3.63, 3.8) is 0 Å². The fraction of sp³-hybridized carbons (Fsp3) is 0.562. The van der Waals surface area contributed by atoms with Gasteiger partial charge in [0, 0.05) is 37.7 Å². The van der Waals surface area contributed by atoms with Crippen LogP contribution in [0.25, 0.3) is 0 Å². The quantitative estimate of drug-likeness (QED) is 0.444. The maximum atomic E-state index is 12.6. The van der Waals surface area contributed by atoms with Crippen LogP contribution in [0.3, 0.4) is 0 Å². The second kappa shape index (κ2) is 9.03. The van der Waals surface area contributed by atoms with Crippen LogP contribution in [-0.2, 0) is 14.8 Å². The number of halogens is 1. The summed E-state index contributed by atoms with van der Waals surface area (Å²) < 4.78 is 22.7. The number of nitrogens with zero attached hydrogens (tertiary/aromatic N) is 2. The van der Waals surface area contributed by atoms with E-state index in [-0.39, 0.29) is 53.9 Å². The molecule has 156 valence electrons. The van der Waals surface area contributed by atoms with Gasteiger partial charge in [-0.15, -0.1) is 12.4 Å². The van der Waals surface area contributed by atoms with Crippen molar-refractivity contribution in [2.45, 2.75) is 42.7 Å². The van der Waals surface area contributed by atoms with Crippen LogP contribution in [0.4, 0.5) is 11.4 Å². The number of nitro benzene ring substituents is 1. The number of carbonyl (C=O) groups is 1. The maximum Gasteiger partial charge on any atom is 0.293 e. The van der Waals surface area contributed by atoms with E-state index in [0.717, 1.165) is 38.4 Å². The average Bonchev–Trinajstić information content (AvgIpc) is 2.86. The third-order valence-corrected chi connectivity index (χ3v) is 6.00. The minimum Gasteiger partial charge on any atom is -0.379 e. The number of benzene rings is 1. The molecule has 1 aromatic carbocycles. The van der Waals surface area contributed by atoms with Gasteiger partial charge in [0.15, 0.2) is 0 Å². The van der Waals surface area contributed by atoms with Gasteiger partial charge in [-0.3, -0.25) is 14.9 Å². The summed E-state index contributed by atoms with van der Waals surface area (Å²) in [5.41, 5.74) is -0.242. The molecule has 2 atom stereocenters. The van der Waals surface area contributed by atoms with Crippen LogP contribution < -0.4 is 15.8 Å². The van der Waals surface area contributed by atoms with Crippen LogP contribution in [0.2, 0.25) is 0 Å². The molecule has 0 aliphatic carbocycles. The number of carbonyl (C=O) groups excluding carboxylic acids is 1. The van der Waals surface area contributed by atoms with Crippen LogP contribution in [0.15, 0.2) is 23.1 Å². The Morgan fingerprint density at radius 2 is 2.04 bits per heavy atom. The van der Waals surface area contributed by atoms with Crippen molar-refractivity contribution in [2.75, 3.05) is 25.0 Å². The fourth-order valence-corrected chi connectivity index (χ4v) is 4.35. The molecule has 2 unspecified atom stereocenters. The number of hydrogen-bond donors (Lipinski definition) is 3. The highest BCUT2D eigenvalue weighted by Gasteiger charge is 2.37. The molecule has 1 aromatic rings. The SMILES string of the molecule is Cl.NS(=O)(=O)c1ccc(NCCC(=O)N2C3CCNCC2CC3)c([N+](=O)[O-])c1. The topological polar surface area (TPSA) is 148 Å². The molecule has 2 aliphatic heterocycles. The van der Waals surface area contributed by atoms with Gasteiger partial charge in [-0.2, -0.15) is 0 Å². The number of primary sulfonamides is 1. The second-order valence-corrected chi connectivity index (χ2v) is 8.40. The van der Waals surface area contributed by atoms with Crippen LogP contribution >= 0.6 is 12.4 Å². The molecule has 2 fully saturated rings. The van der Waals surface area contributed by atoms with Crippen LogP contribution in [0.5, 0.6) is 0 Å². The second-order valence-electron chi connectivity index (χ2n) is 6.84. The van der Waals surface area contributed by atoms with Gasteiger partial charge >= 0.3 is 0 Å². The Morgan fingerprint density at radius 3 is 2.71 bits per heavy atom. The number of nitrogens with one attached hydrogen (secondary N) is 2. The van der Waals surface area contributed by atoms with E-state index < -0.39 is 20.6 Å². The lowest BCUT2D eigenvalue weighted by Gasteiger charge is -2.28. The summed E-state index contributed by atoms with van der Waals surface area (Å²) in [6, 6.07) is 3.89. The van der Waals surface area contributed by atoms with E-state index in [0.29, 0.717) is 0 Å². The predicted octanol–water partition coefficient (Wildman–Crippen LogP) is 0.819. The van der Waals surface area contributed by atoms with Crippen molar-refractivity contribution in [1.82, 2.24) is 10.2 Å². The van der Waals surface area contributed by atoms with Crippen molar-refractivity contribution in [3.05, 3.63) is 28.3 Å². The molecule has 0 saturated carbocycles. The van der Waals surface area contributed by atoms with Gasteiger partial charge in [0.25, 0.3) is 5.69 Å². The van der Waals surface area contributed by atoms with Crippen molar-refractivity contribution >= 4 is 39.7 Å². The van der Waals surface area contributed by atoms with E-state index in [1.807, 2.05) is 4.90 Å². The number of nitrogens with two attached hydrogens (primary N) is 1. The minimum atomic E-state index is -4.03. The Hall–Kier alpha value is -1.95. The van der Waals surface area contributed by atoms with E-state index in [1.54, 1.807) is 0 Å². The molecular weight excluding hydrogens is 410 g/mol. The van der Waals surface area contributed by atoms with Gasteiger partial charge < -0.3 is 15.5 Å². The van der Waals surface area contributed by atoms with Crippen LogP contribution in [0.1, 0.15) is 25.7 Å². The highest BCUT2D eigenvalue weighted by atomic mass is 35.5. The lowest BCUT2D eigenvalue weighted by atomic mass is 10.1. The van der Waals surface area contributed by atoms with Gasteiger partial charge in [0.05, 0.1) is 9.82 Å². The number of rotatable bonds is 6. The minimum absolute atomic E-state index is 0. The normalized spacial score (nSPS) is 21.5. The van der Waals surface area contributed by atoms with Crippen molar-refractivity contribution in [1.29, 1.82) is 0 Å². The van der Waals surface area contributed by atoms with E-state index in [4.69, 9.17) is 5.14 Å². The summed E-state index contributed by atoms with van der Waals surface area (Å²) in [6.07, 6.45) is 3.17. The highest BCUT2D eigenvalue weighted by Crippen LogP contribution is 2.29. The van der Waals surface area contributed by atoms with Gasteiger partial charge in [-0.1, -0.05) is 0 Å². The number of hydrogen-bond acceptors (Lipinski definition) is 7. The zero-order valence-corrected chi connectivity index (χ0v) is 16.8. The standard InChI is InChI=1S/C16H23N5O5S.ClH/c17-27(25,26)13-3-4-14(15(9-13)21(23)24)19-8-6-16(22)20-11-1-2-12(20)10-18-7-5-11;/h3-4,9,11-12,18-19H,1-2,5-8,10H2,(H2,17,25,26);1H. The summed E-state index contributed by atoms with van der Waals surface area (Å²) in [5.74, 6) is 0.0301. The molecule has 4 N–H and O–H groups in total. The number of fused-ring (bicyclic) bond motifs is 2. The first-order valence-electron chi connectivity index (χ1n) is 8.84. The molecule has 0 radical (unpaired) electrons. The van der Waals surface area contributed by atoms with Gasteiger partial charge in [0.1, 0.15) is 5.69 Å². The molecule has 2 heterocycles. The molecule has 12 heteroatoms. The van der Waals surface area contributed by atoms with E-state index in [2.05, 4.69) is 10.6 Å². The first-order chi connectivity index (χ1) is 12.8. The molecule has 0 spiro atoms. The Bertz CT molecular complexity index is 836. The highest BCUT2D eigenvalue weighted by molar-refractivity contribution is 7.89. The zero-order valence-electron chi connectivity index (χ0n) is 15.2. The third-order valence-electron chi connectivity index (χ3n) is 5.09. The van der Waals surface area contributed by atoms with Crippen LogP contribution in [-0.4, -0.2) is 55.9 Å². The summed E-state index contributed by atoms with van der Waals surface area (Å²) in [5, 5.41) is 22.4. The molecule has 2 saturated heterocycles. The molecule has 2 aliphatic rings. The summed E-state index contributed by atoms with van der Waals surface area (Å²) >= 11 is 0. The molecular formula is C16H24ClN5O5S. The van der Waals surface area contributed by atoms with Gasteiger partial charge in [-0.05, 0) is 37.9 Å². The monoisotopic (exact) mass is 433 g/mol. The fourth-order valence-electron chi connectivity index (χ4n) is 3.81. The van der Waals surface area contributed by atoms with Crippen molar-refractivity contribution < 1.29 is 18.1 Å². The number of anilines is 1.